The number of carbonyl (C=O) groups excluding carboxylic acids is 2. The van der Waals surface area contributed by atoms with Crippen LogP contribution >= 0.6 is 0 Å². The molecule has 0 spiro atoms. The van der Waals surface area contributed by atoms with Crippen molar-refractivity contribution in [1.29, 1.82) is 0 Å². The Labute approximate surface area is 275 Å². The maximum absolute atomic E-state index is 13.7. The van der Waals surface area contributed by atoms with Crippen LogP contribution in [0.1, 0.15) is 33.6 Å². The number of benzene rings is 3. The lowest BCUT2D eigenvalue weighted by Crippen LogP contribution is -2.49. The van der Waals surface area contributed by atoms with E-state index in [-0.39, 0.29) is 11.5 Å². The zero-order chi connectivity index (χ0) is 33.0. The lowest BCUT2D eigenvalue weighted by atomic mass is 10.0. The minimum Gasteiger partial charge on any atom is -0.493 e. The number of methoxy groups -OCH3 is 3. The first kappa shape index (κ1) is 33.3. The Hall–Kier alpha value is -5.10. The molecule has 2 amide bonds. The zero-order valence-electron chi connectivity index (χ0n) is 27.1. The molecule has 2 bridgehead atoms. The van der Waals surface area contributed by atoms with Gasteiger partial charge in [0.05, 0.1) is 39.2 Å². The maximum atomic E-state index is 13.7. The van der Waals surface area contributed by atoms with Crippen molar-refractivity contribution in [2.24, 2.45) is 0 Å². The molecule has 3 aromatic carbocycles. The Morgan fingerprint density at radius 3 is 2.47 bits per heavy atom. The van der Waals surface area contributed by atoms with Crippen LogP contribution in [-0.2, 0) is 30.7 Å². The summed E-state index contributed by atoms with van der Waals surface area (Å²) in [4.78, 5) is 29.7. The lowest BCUT2D eigenvalue weighted by Gasteiger charge is -2.25. The van der Waals surface area contributed by atoms with Gasteiger partial charge in [0.15, 0.2) is 23.0 Å². The third-order valence-corrected chi connectivity index (χ3v) is 8.00. The fourth-order valence-electron chi connectivity index (χ4n) is 5.58. The van der Waals surface area contributed by atoms with Crippen LogP contribution < -0.4 is 29.6 Å². The monoisotopic (exact) mass is 642 g/mol. The molecule has 0 saturated heterocycles. The first-order valence-corrected chi connectivity index (χ1v) is 15.7. The molecule has 0 unspecified atom stereocenters. The summed E-state index contributed by atoms with van der Waals surface area (Å²) in [5.41, 5.74) is 3.03. The Balaban J connectivity index is 1.41. The molecule has 4 aromatic rings. The van der Waals surface area contributed by atoms with E-state index in [9.17, 15) is 9.59 Å². The third-order valence-electron chi connectivity index (χ3n) is 8.00. The van der Waals surface area contributed by atoms with E-state index >= 15 is 0 Å². The molecule has 47 heavy (non-hydrogen) atoms. The van der Waals surface area contributed by atoms with E-state index in [1.54, 1.807) is 37.1 Å². The molecule has 1 aromatic heterocycles. The van der Waals surface area contributed by atoms with Gasteiger partial charge in [-0.15, -0.1) is 5.10 Å². The number of carbonyl (C=O) groups is 2. The quantitative estimate of drug-likeness (QED) is 0.312. The van der Waals surface area contributed by atoms with Crippen molar-refractivity contribution < 1.29 is 28.5 Å². The molecule has 5 rings (SSSR count). The number of amides is 2. The molecule has 0 aliphatic carbocycles. The lowest BCUT2D eigenvalue weighted by molar-refractivity contribution is -0.123. The topological polar surface area (TPSA) is 129 Å². The normalized spacial score (nSPS) is 16.7. The van der Waals surface area contributed by atoms with Crippen molar-refractivity contribution >= 4 is 11.8 Å². The van der Waals surface area contributed by atoms with E-state index in [0.717, 1.165) is 16.8 Å². The van der Waals surface area contributed by atoms with Crippen LogP contribution in [0.25, 0.3) is 0 Å². The van der Waals surface area contributed by atoms with Gasteiger partial charge in [0.2, 0.25) is 5.91 Å². The van der Waals surface area contributed by atoms with Gasteiger partial charge in [0, 0.05) is 63.7 Å². The van der Waals surface area contributed by atoms with Crippen LogP contribution in [0.2, 0.25) is 0 Å². The highest BCUT2D eigenvalue weighted by Crippen LogP contribution is 2.32. The fraction of sp³-hybridized carbons (Fsp3) is 0.371. The Morgan fingerprint density at radius 1 is 0.894 bits per heavy atom. The Morgan fingerprint density at radius 2 is 1.68 bits per heavy atom. The molecule has 12 heteroatoms. The highest BCUT2D eigenvalue weighted by Gasteiger charge is 2.25. The molecule has 0 saturated carbocycles. The Bertz CT molecular complexity index is 1630. The summed E-state index contributed by atoms with van der Waals surface area (Å²) in [6.07, 6.45) is 3.55. The van der Waals surface area contributed by atoms with Crippen LogP contribution in [0.3, 0.4) is 0 Å². The van der Waals surface area contributed by atoms with Crippen molar-refractivity contribution in [1.82, 2.24) is 30.5 Å². The first-order valence-electron chi connectivity index (χ1n) is 15.7. The van der Waals surface area contributed by atoms with Gasteiger partial charge < -0.3 is 29.6 Å². The number of ether oxygens (including phenoxy) is 4. The molecule has 2 N–H and O–H groups in total. The van der Waals surface area contributed by atoms with E-state index < -0.39 is 11.9 Å². The number of hydrogen-bond donors (Lipinski definition) is 2. The van der Waals surface area contributed by atoms with Crippen molar-refractivity contribution in [3.63, 3.8) is 0 Å². The predicted octanol–water partition coefficient (Wildman–Crippen LogP) is 3.29. The standard InChI is InChI=1S/C35H42N6O6/c1-44-30-14-7-12-26(32(30)46-3)23-40-19-16-27-24-41(39-38-27)18-9-21-47-33-28(13-8-15-31(33)45-2)34(42)37-29(35(43)36-17-20-40)22-25-10-5-4-6-11-25/h4-8,10-15,24,29H,9,16-23H2,1-3H3,(H,36,43)(H,37,42)/t29-/m0/s1. The Kier molecular flexibility index (Phi) is 11.6. The second kappa shape index (κ2) is 16.5. The summed E-state index contributed by atoms with van der Waals surface area (Å²) in [5.74, 6) is 1.37. The minimum atomic E-state index is -0.827. The van der Waals surface area contributed by atoms with Crippen molar-refractivity contribution in [2.75, 3.05) is 47.6 Å². The number of rotatable bonds is 7. The SMILES string of the molecule is COc1cccc(CN2CCNC(=O)[C@H](Cc3ccccc3)NC(=O)c3cccc(OC)c3OCCCn3cc(nn3)CC2)c1OC. The van der Waals surface area contributed by atoms with E-state index in [1.165, 1.54) is 7.11 Å². The average molecular weight is 643 g/mol. The molecular formula is C35H42N6O6. The number of nitrogens with one attached hydrogen (secondary N) is 2. The molecule has 12 nitrogen and oxygen atoms in total. The van der Waals surface area contributed by atoms with E-state index in [1.807, 2.05) is 54.7 Å². The fourth-order valence-corrected chi connectivity index (χ4v) is 5.58. The third kappa shape index (κ3) is 8.79. The van der Waals surface area contributed by atoms with Gasteiger partial charge in [0.1, 0.15) is 6.04 Å². The zero-order valence-corrected chi connectivity index (χ0v) is 27.1. The first-order chi connectivity index (χ1) is 23.0. The van der Waals surface area contributed by atoms with Crippen LogP contribution in [0.15, 0.2) is 72.9 Å². The van der Waals surface area contributed by atoms with Gasteiger partial charge in [0.25, 0.3) is 5.91 Å². The molecule has 0 radical (unpaired) electrons. The van der Waals surface area contributed by atoms with Gasteiger partial charge in [-0.05, 0) is 23.8 Å². The second-order valence-electron chi connectivity index (χ2n) is 11.2. The summed E-state index contributed by atoms with van der Waals surface area (Å²) < 4.78 is 24.6. The van der Waals surface area contributed by atoms with Crippen LogP contribution in [-0.4, -0.2) is 85.3 Å². The van der Waals surface area contributed by atoms with Gasteiger partial charge in [-0.3, -0.25) is 19.2 Å². The summed E-state index contributed by atoms with van der Waals surface area (Å²) in [6.45, 7) is 3.03. The number of para-hydroxylation sites is 2. The van der Waals surface area contributed by atoms with Gasteiger partial charge in [-0.1, -0.05) is 53.7 Å². The summed E-state index contributed by atoms with van der Waals surface area (Å²) >= 11 is 0. The van der Waals surface area contributed by atoms with Crippen LogP contribution in [0, 0.1) is 0 Å². The molecule has 1 aliphatic heterocycles. The second-order valence-corrected chi connectivity index (χ2v) is 11.2. The molecule has 1 atom stereocenters. The van der Waals surface area contributed by atoms with E-state index in [0.29, 0.717) is 81.6 Å². The number of hydrogen-bond acceptors (Lipinski definition) is 9. The number of aromatic nitrogens is 3. The van der Waals surface area contributed by atoms with Gasteiger partial charge in [-0.2, -0.15) is 0 Å². The summed E-state index contributed by atoms with van der Waals surface area (Å²) in [6, 6.07) is 19.7. The predicted molar refractivity (Wildman–Crippen MR) is 176 cm³/mol. The molecular weight excluding hydrogens is 600 g/mol. The highest BCUT2D eigenvalue weighted by atomic mass is 16.5. The van der Waals surface area contributed by atoms with E-state index in [2.05, 4.69) is 25.8 Å². The summed E-state index contributed by atoms with van der Waals surface area (Å²) in [7, 11) is 4.77. The molecule has 2 heterocycles. The minimum absolute atomic E-state index is 0.285. The average Bonchev–Trinajstić information content (AvgIpc) is 3.56. The van der Waals surface area contributed by atoms with Crippen LogP contribution in [0.4, 0.5) is 0 Å². The summed E-state index contributed by atoms with van der Waals surface area (Å²) in [5, 5.41) is 14.7. The smallest absolute Gasteiger partial charge is 0.255 e. The highest BCUT2D eigenvalue weighted by molar-refractivity contribution is 6.00. The van der Waals surface area contributed by atoms with Gasteiger partial charge >= 0.3 is 0 Å². The van der Waals surface area contributed by atoms with Gasteiger partial charge in [-0.25, -0.2) is 0 Å². The largest absolute Gasteiger partial charge is 0.493 e. The number of fused-ring (bicyclic) bond motifs is 3. The van der Waals surface area contributed by atoms with Crippen molar-refractivity contribution in [3.05, 3.63) is 95.3 Å². The van der Waals surface area contributed by atoms with Crippen molar-refractivity contribution in [3.8, 4) is 23.0 Å². The number of nitrogens with zero attached hydrogens (tertiary/aromatic N) is 4. The maximum Gasteiger partial charge on any atom is 0.255 e. The molecule has 248 valence electrons. The van der Waals surface area contributed by atoms with Crippen molar-refractivity contribution in [2.45, 2.75) is 38.4 Å². The number of aryl methyl sites for hydroxylation is 1. The van der Waals surface area contributed by atoms with Crippen LogP contribution in [0.5, 0.6) is 23.0 Å². The van der Waals surface area contributed by atoms with E-state index in [4.69, 9.17) is 18.9 Å². The molecule has 0 fully saturated rings. The molecule has 1 aliphatic rings.